The van der Waals surface area contributed by atoms with E-state index < -0.39 is 0 Å². The van der Waals surface area contributed by atoms with Crippen LogP contribution in [0.5, 0.6) is 5.75 Å². The third-order valence-electron chi connectivity index (χ3n) is 3.75. The molecule has 0 aliphatic rings. The van der Waals surface area contributed by atoms with Crippen molar-refractivity contribution in [3.8, 4) is 5.75 Å². The maximum absolute atomic E-state index is 5.70. The highest BCUT2D eigenvalue weighted by atomic mass is 16.5. The van der Waals surface area contributed by atoms with Crippen LogP contribution in [-0.2, 0) is 4.74 Å². The van der Waals surface area contributed by atoms with Crippen LogP contribution in [0.4, 0.5) is 0 Å². The highest BCUT2D eigenvalue weighted by molar-refractivity contribution is 5.46. The average molecular weight is 266 g/mol. The summed E-state index contributed by atoms with van der Waals surface area (Å²) >= 11 is 0. The minimum atomic E-state index is 0.0758. The number of ether oxygens (including phenoxy) is 2. The van der Waals surface area contributed by atoms with Crippen molar-refractivity contribution >= 4 is 0 Å². The van der Waals surface area contributed by atoms with Gasteiger partial charge in [-0.2, -0.15) is 0 Å². The van der Waals surface area contributed by atoms with E-state index >= 15 is 0 Å². The molecule has 0 radical (unpaired) electrons. The van der Waals surface area contributed by atoms with Crippen LogP contribution in [-0.4, -0.2) is 20.3 Å². The fraction of sp³-hybridized carbons (Fsp3) is 0.600. The van der Waals surface area contributed by atoms with Gasteiger partial charge in [0, 0.05) is 18.7 Å². The van der Waals surface area contributed by atoms with Crippen LogP contribution in [0.2, 0.25) is 0 Å². The molecule has 0 aliphatic heterocycles. The lowest BCUT2D eigenvalue weighted by molar-refractivity contribution is 0.106. The molecule has 2 unspecified atom stereocenters. The number of nitrogens with two attached hydrogens (primary N) is 1. The molecule has 0 aromatic heterocycles. The standard InChI is InChI=1S/C15H26N2O2/c1-10-6-8-13(15(19-5)12(10)3)14(17-16)9-7-11(2)18-4/h6,8,11,14,17H,7,9,16H2,1-5H3. The maximum atomic E-state index is 5.70. The summed E-state index contributed by atoms with van der Waals surface area (Å²) in [7, 11) is 3.43. The Labute approximate surface area is 116 Å². The Hall–Kier alpha value is -1.10. The number of hydrogen-bond acceptors (Lipinski definition) is 4. The molecule has 0 saturated heterocycles. The van der Waals surface area contributed by atoms with Crippen LogP contribution in [0.15, 0.2) is 12.1 Å². The molecule has 1 rings (SSSR count). The van der Waals surface area contributed by atoms with E-state index in [1.165, 1.54) is 11.1 Å². The number of hydrogen-bond donors (Lipinski definition) is 2. The van der Waals surface area contributed by atoms with Crippen molar-refractivity contribution in [1.29, 1.82) is 0 Å². The van der Waals surface area contributed by atoms with Gasteiger partial charge in [0.25, 0.3) is 0 Å². The van der Waals surface area contributed by atoms with Crippen LogP contribution < -0.4 is 16.0 Å². The minimum Gasteiger partial charge on any atom is -0.496 e. The van der Waals surface area contributed by atoms with E-state index in [2.05, 4.69) is 38.3 Å². The molecule has 19 heavy (non-hydrogen) atoms. The first-order chi connectivity index (χ1) is 9.04. The molecular weight excluding hydrogens is 240 g/mol. The van der Waals surface area contributed by atoms with Crippen molar-refractivity contribution in [3.05, 3.63) is 28.8 Å². The smallest absolute Gasteiger partial charge is 0.126 e. The van der Waals surface area contributed by atoms with Gasteiger partial charge in [0.1, 0.15) is 5.75 Å². The van der Waals surface area contributed by atoms with Crippen molar-refractivity contribution in [2.45, 2.75) is 45.8 Å². The molecule has 2 atom stereocenters. The summed E-state index contributed by atoms with van der Waals surface area (Å²) in [6.07, 6.45) is 2.08. The average Bonchev–Trinajstić information content (AvgIpc) is 2.42. The second kappa shape index (κ2) is 7.48. The Bertz CT molecular complexity index is 407. The van der Waals surface area contributed by atoms with Crippen molar-refractivity contribution in [2.24, 2.45) is 5.84 Å². The summed E-state index contributed by atoms with van der Waals surface area (Å²) < 4.78 is 10.8. The van der Waals surface area contributed by atoms with Gasteiger partial charge in [-0.05, 0) is 44.7 Å². The Morgan fingerprint density at radius 1 is 1.21 bits per heavy atom. The topological polar surface area (TPSA) is 56.5 Å². The minimum absolute atomic E-state index is 0.0758. The predicted molar refractivity (Wildman–Crippen MR) is 78.2 cm³/mol. The molecule has 108 valence electrons. The monoisotopic (exact) mass is 266 g/mol. The second-order valence-electron chi connectivity index (χ2n) is 4.97. The lowest BCUT2D eigenvalue weighted by Gasteiger charge is -2.22. The quantitative estimate of drug-likeness (QED) is 0.588. The van der Waals surface area contributed by atoms with Gasteiger partial charge in [0.05, 0.1) is 13.2 Å². The van der Waals surface area contributed by atoms with E-state index in [9.17, 15) is 0 Å². The molecule has 0 spiro atoms. The number of rotatable bonds is 7. The zero-order valence-electron chi connectivity index (χ0n) is 12.6. The van der Waals surface area contributed by atoms with Gasteiger partial charge in [-0.1, -0.05) is 12.1 Å². The molecule has 4 nitrogen and oxygen atoms in total. The van der Waals surface area contributed by atoms with Gasteiger partial charge in [-0.25, -0.2) is 0 Å². The molecule has 0 aliphatic carbocycles. The summed E-state index contributed by atoms with van der Waals surface area (Å²) in [5.74, 6) is 6.62. The molecule has 3 N–H and O–H groups in total. The van der Waals surface area contributed by atoms with Crippen molar-refractivity contribution < 1.29 is 9.47 Å². The number of hydrazine groups is 1. The van der Waals surface area contributed by atoms with Gasteiger partial charge in [0.15, 0.2) is 0 Å². The molecule has 1 aromatic rings. The van der Waals surface area contributed by atoms with Crippen LogP contribution in [0, 0.1) is 13.8 Å². The normalized spacial score (nSPS) is 14.2. The molecule has 0 fully saturated rings. The van der Waals surface area contributed by atoms with Crippen molar-refractivity contribution in [2.75, 3.05) is 14.2 Å². The van der Waals surface area contributed by atoms with Gasteiger partial charge in [-0.15, -0.1) is 0 Å². The van der Waals surface area contributed by atoms with Crippen molar-refractivity contribution in [1.82, 2.24) is 5.43 Å². The fourth-order valence-corrected chi connectivity index (χ4v) is 2.20. The van der Waals surface area contributed by atoms with Gasteiger partial charge in [-0.3, -0.25) is 11.3 Å². The van der Waals surface area contributed by atoms with E-state index in [-0.39, 0.29) is 12.1 Å². The van der Waals surface area contributed by atoms with E-state index in [1.54, 1.807) is 14.2 Å². The highest BCUT2D eigenvalue weighted by Gasteiger charge is 2.18. The van der Waals surface area contributed by atoms with E-state index in [4.69, 9.17) is 15.3 Å². The van der Waals surface area contributed by atoms with Crippen LogP contribution >= 0.6 is 0 Å². The summed E-state index contributed by atoms with van der Waals surface area (Å²) in [6.45, 7) is 6.22. The van der Waals surface area contributed by atoms with Crippen LogP contribution in [0.1, 0.15) is 42.5 Å². The molecule has 0 heterocycles. The molecule has 1 aromatic carbocycles. The number of methoxy groups -OCH3 is 2. The zero-order chi connectivity index (χ0) is 14.4. The number of nitrogens with one attached hydrogen (secondary N) is 1. The Morgan fingerprint density at radius 3 is 2.42 bits per heavy atom. The summed E-state index contributed by atoms with van der Waals surface area (Å²) in [4.78, 5) is 0. The summed E-state index contributed by atoms with van der Waals surface area (Å²) in [5.41, 5.74) is 6.38. The predicted octanol–water partition coefficient (Wildman–Crippen LogP) is 2.63. The summed E-state index contributed by atoms with van der Waals surface area (Å²) in [5, 5.41) is 0. The lowest BCUT2D eigenvalue weighted by Crippen LogP contribution is -2.29. The number of benzene rings is 1. The highest BCUT2D eigenvalue weighted by Crippen LogP contribution is 2.32. The Kier molecular flexibility index (Phi) is 6.28. The second-order valence-corrected chi connectivity index (χ2v) is 4.97. The van der Waals surface area contributed by atoms with Gasteiger partial charge < -0.3 is 9.47 Å². The molecular formula is C15H26N2O2. The van der Waals surface area contributed by atoms with E-state index in [1.807, 2.05) is 0 Å². The maximum Gasteiger partial charge on any atom is 0.126 e. The molecule has 4 heteroatoms. The first-order valence-corrected chi connectivity index (χ1v) is 6.68. The molecule has 0 amide bonds. The molecule has 0 saturated carbocycles. The van der Waals surface area contributed by atoms with Crippen LogP contribution in [0.25, 0.3) is 0 Å². The summed E-state index contributed by atoms with van der Waals surface area (Å²) in [6, 6.07) is 4.27. The van der Waals surface area contributed by atoms with Gasteiger partial charge in [0.2, 0.25) is 0 Å². The third kappa shape index (κ3) is 3.93. The lowest BCUT2D eigenvalue weighted by atomic mass is 9.96. The van der Waals surface area contributed by atoms with Crippen LogP contribution in [0.3, 0.4) is 0 Å². The fourth-order valence-electron chi connectivity index (χ4n) is 2.20. The molecule has 0 bridgehead atoms. The Morgan fingerprint density at radius 2 is 1.89 bits per heavy atom. The van der Waals surface area contributed by atoms with E-state index in [0.29, 0.717) is 0 Å². The van der Waals surface area contributed by atoms with Gasteiger partial charge >= 0.3 is 0 Å². The zero-order valence-corrected chi connectivity index (χ0v) is 12.6. The first-order valence-electron chi connectivity index (χ1n) is 6.68. The number of aryl methyl sites for hydroxylation is 1. The third-order valence-corrected chi connectivity index (χ3v) is 3.75. The first kappa shape index (κ1) is 16.0. The largest absolute Gasteiger partial charge is 0.496 e. The van der Waals surface area contributed by atoms with Crippen molar-refractivity contribution in [3.63, 3.8) is 0 Å². The Balaban J connectivity index is 2.95. The van der Waals surface area contributed by atoms with E-state index in [0.717, 1.165) is 24.2 Å². The SMILES string of the molecule is COc1c(C(CCC(C)OC)NN)ccc(C)c1C.